The van der Waals surface area contributed by atoms with Gasteiger partial charge in [0.15, 0.2) is 9.84 Å². The first-order valence-electron chi connectivity index (χ1n) is 8.79. The Labute approximate surface area is 135 Å². The van der Waals surface area contributed by atoms with Gasteiger partial charge in [0, 0.05) is 18.3 Å². The van der Waals surface area contributed by atoms with Crippen LogP contribution in [0.5, 0.6) is 0 Å². The summed E-state index contributed by atoms with van der Waals surface area (Å²) < 4.78 is 23.7. The highest BCUT2D eigenvalue weighted by atomic mass is 32.2. The summed E-state index contributed by atoms with van der Waals surface area (Å²) in [4.78, 5) is 2.39. The van der Waals surface area contributed by atoms with Crippen molar-refractivity contribution < 1.29 is 13.5 Å². The molecular weight excluding hydrogens is 300 g/mol. The quantitative estimate of drug-likeness (QED) is 0.653. The Bertz CT molecular complexity index is 427. The SMILES string of the molecule is CS(=O)(=O)C1CCCCC1NCCCCN1CCCC1CO. The summed E-state index contributed by atoms with van der Waals surface area (Å²) in [6.07, 6.45) is 9.83. The van der Waals surface area contributed by atoms with E-state index >= 15 is 0 Å². The molecule has 5 nitrogen and oxygen atoms in total. The van der Waals surface area contributed by atoms with E-state index in [1.165, 1.54) is 12.7 Å². The molecule has 1 aliphatic carbocycles. The van der Waals surface area contributed by atoms with Crippen molar-refractivity contribution in [3.63, 3.8) is 0 Å². The number of sulfone groups is 1. The lowest BCUT2D eigenvalue weighted by molar-refractivity contribution is 0.157. The first-order valence-corrected chi connectivity index (χ1v) is 10.7. The second-order valence-corrected chi connectivity index (χ2v) is 9.20. The Kier molecular flexibility index (Phi) is 7.12. The molecule has 0 spiro atoms. The van der Waals surface area contributed by atoms with Crippen molar-refractivity contribution in [2.75, 3.05) is 32.5 Å². The van der Waals surface area contributed by atoms with Crippen molar-refractivity contribution in [1.82, 2.24) is 10.2 Å². The summed E-state index contributed by atoms with van der Waals surface area (Å²) in [5, 5.41) is 12.6. The molecular formula is C16H32N2O3S. The smallest absolute Gasteiger partial charge is 0.151 e. The van der Waals surface area contributed by atoms with Gasteiger partial charge in [-0.1, -0.05) is 12.8 Å². The van der Waals surface area contributed by atoms with Gasteiger partial charge in [0.1, 0.15) is 0 Å². The molecule has 0 aromatic rings. The lowest BCUT2D eigenvalue weighted by atomic mass is 9.95. The van der Waals surface area contributed by atoms with Gasteiger partial charge in [0.05, 0.1) is 11.9 Å². The van der Waals surface area contributed by atoms with E-state index in [1.54, 1.807) is 0 Å². The molecule has 0 amide bonds. The van der Waals surface area contributed by atoms with Crippen LogP contribution in [0.2, 0.25) is 0 Å². The predicted octanol–water partition coefficient (Wildman–Crippen LogP) is 1.17. The minimum Gasteiger partial charge on any atom is -0.395 e. The zero-order chi connectivity index (χ0) is 16.0. The van der Waals surface area contributed by atoms with Crippen molar-refractivity contribution >= 4 is 9.84 Å². The molecule has 3 atom stereocenters. The van der Waals surface area contributed by atoms with Crippen molar-refractivity contribution in [3.05, 3.63) is 0 Å². The molecule has 2 N–H and O–H groups in total. The van der Waals surface area contributed by atoms with Crippen molar-refractivity contribution in [1.29, 1.82) is 0 Å². The monoisotopic (exact) mass is 332 g/mol. The van der Waals surface area contributed by atoms with Crippen LogP contribution in [-0.2, 0) is 9.84 Å². The third-order valence-electron chi connectivity index (χ3n) is 5.24. The minimum atomic E-state index is -2.94. The fourth-order valence-electron chi connectivity index (χ4n) is 3.97. The van der Waals surface area contributed by atoms with Crippen molar-refractivity contribution in [2.24, 2.45) is 0 Å². The highest BCUT2D eigenvalue weighted by molar-refractivity contribution is 7.91. The number of aliphatic hydroxyl groups excluding tert-OH is 1. The molecule has 0 radical (unpaired) electrons. The highest BCUT2D eigenvalue weighted by Crippen LogP contribution is 2.24. The summed E-state index contributed by atoms with van der Waals surface area (Å²) in [5.41, 5.74) is 0. The summed E-state index contributed by atoms with van der Waals surface area (Å²) in [7, 11) is -2.94. The van der Waals surface area contributed by atoms with E-state index in [1.807, 2.05) is 0 Å². The van der Waals surface area contributed by atoms with Gasteiger partial charge in [0.2, 0.25) is 0 Å². The normalized spacial score (nSPS) is 30.7. The third-order valence-corrected chi connectivity index (χ3v) is 6.91. The van der Waals surface area contributed by atoms with Gasteiger partial charge in [-0.3, -0.25) is 4.90 Å². The van der Waals surface area contributed by atoms with E-state index in [0.717, 1.165) is 64.6 Å². The second-order valence-electron chi connectivity index (χ2n) is 6.93. The number of likely N-dealkylation sites (tertiary alicyclic amines) is 1. The summed E-state index contributed by atoms with van der Waals surface area (Å²) in [6.45, 7) is 3.33. The highest BCUT2D eigenvalue weighted by Gasteiger charge is 2.32. The molecule has 1 saturated carbocycles. The van der Waals surface area contributed by atoms with Gasteiger partial charge >= 0.3 is 0 Å². The van der Waals surface area contributed by atoms with Crippen molar-refractivity contribution in [3.8, 4) is 0 Å². The number of rotatable bonds is 8. The van der Waals surface area contributed by atoms with Gasteiger partial charge in [-0.15, -0.1) is 0 Å². The maximum atomic E-state index is 11.9. The zero-order valence-electron chi connectivity index (χ0n) is 13.8. The maximum absolute atomic E-state index is 11.9. The number of hydrogen-bond acceptors (Lipinski definition) is 5. The van der Waals surface area contributed by atoms with Crippen LogP contribution in [0, 0.1) is 0 Å². The van der Waals surface area contributed by atoms with Crippen LogP contribution in [0.1, 0.15) is 51.4 Å². The summed E-state index contributed by atoms with van der Waals surface area (Å²) >= 11 is 0. The molecule has 2 rings (SSSR count). The second kappa shape index (κ2) is 8.62. The Hall–Kier alpha value is -0.170. The number of aliphatic hydroxyl groups is 1. The van der Waals surface area contributed by atoms with Crippen LogP contribution in [-0.4, -0.2) is 68.3 Å². The van der Waals surface area contributed by atoms with E-state index in [2.05, 4.69) is 10.2 Å². The Morgan fingerprint density at radius 3 is 2.64 bits per heavy atom. The molecule has 6 heteroatoms. The Balaban J connectivity index is 1.65. The topological polar surface area (TPSA) is 69.6 Å². The van der Waals surface area contributed by atoms with Crippen molar-refractivity contribution in [2.45, 2.75) is 68.7 Å². The summed E-state index contributed by atoms with van der Waals surface area (Å²) in [5.74, 6) is 0. The number of nitrogens with zero attached hydrogens (tertiary/aromatic N) is 1. The van der Waals surface area contributed by atoms with Gasteiger partial charge in [-0.05, 0) is 58.2 Å². The molecule has 1 saturated heterocycles. The molecule has 1 aliphatic heterocycles. The van der Waals surface area contributed by atoms with E-state index < -0.39 is 9.84 Å². The zero-order valence-corrected chi connectivity index (χ0v) is 14.7. The molecule has 1 heterocycles. The van der Waals surface area contributed by atoms with E-state index in [0.29, 0.717) is 6.04 Å². The first kappa shape index (κ1) is 18.2. The van der Waals surface area contributed by atoms with E-state index in [4.69, 9.17) is 0 Å². The largest absolute Gasteiger partial charge is 0.395 e. The van der Waals surface area contributed by atoms with Gasteiger partial charge < -0.3 is 10.4 Å². The molecule has 0 bridgehead atoms. The van der Waals surface area contributed by atoms with Gasteiger partial charge in [-0.25, -0.2) is 8.42 Å². The molecule has 2 aliphatic rings. The molecule has 0 aromatic carbocycles. The number of nitrogens with one attached hydrogen (secondary N) is 1. The fourth-order valence-corrected chi connectivity index (χ4v) is 5.39. The Morgan fingerprint density at radius 1 is 1.14 bits per heavy atom. The minimum absolute atomic E-state index is 0.140. The molecule has 2 fully saturated rings. The lowest BCUT2D eigenvalue weighted by Crippen LogP contribution is -2.46. The van der Waals surface area contributed by atoms with Crippen LogP contribution in [0.15, 0.2) is 0 Å². The number of unbranched alkanes of at least 4 members (excludes halogenated alkanes) is 1. The van der Waals surface area contributed by atoms with Gasteiger partial charge in [-0.2, -0.15) is 0 Å². The van der Waals surface area contributed by atoms with Crippen LogP contribution in [0.25, 0.3) is 0 Å². The molecule has 130 valence electrons. The Morgan fingerprint density at radius 2 is 1.91 bits per heavy atom. The standard InChI is InChI=1S/C16H32N2O3S/c1-22(20,21)16-9-3-2-8-15(16)17-10-4-5-11-18-12-6-7-14(18)13-19/h14-17,19H,2-13H2,1H3. The first-order chi connectivity index (χ1) is 10.5. The molecule has 3 unspecified atom stereocenters. The molecule has 22 heavy (non-hydrogen) atoms. The van der Waals surface area contributed by atoms with Crippen LogP contribution < -0.4 is 5.32 Å². The van der Waals surface area contributed by atoms with Crippen LogP contribution in [0.3, 0.4) is 0 Å². The lowest BCUT2D eigenvalue weighted by Gasteiger charge is -2.31. The van der Waals surface area contributed by atoms with E-state index in [9.17, 15) is 13.5 Å². The maximum Gasteiger partial charge on any atom is 0.151 e. The average Bonchev–Trinajstić information content (AvgIpc) is 2.94. The van der Waals surface area contributed by atoms with Crippen LogP contribution >= 0.6 is 0 Å². The van der Waals surface area contributed by atoms with Crippen LogP contribution in [0.4, 0.5) is 0 Å². The van der Waals surface area contributed by atoms with Gasteiger partial charge in [0.25, 0.3) is 0 Å². The predicted molar refractivity (Wildman–Crippen MR) is 89.8 cm³/mol. The fraction of sp³-hybridized carbons (Fsp3) is 1.00. The van der Waals surface area contributed by atoms with E-state index in [-0.39, 0.29) is 17.9 Å². The number of hydrogen-bond donors (Lipinski definition) is 2. The average molecular weight is 333 g/mol. The third kappa shape index (κ3) is 5.18. The molecule has 0 aromatic heterocycles. The summed E-state index contributed by atoms with van der Waals surface area (Å²) in [6, 6.07) is 0.502.